The van der Waals surface area contributed by atoms with Crippen LogP contribution in [-0.2, 0) is 4.74 Å². The summed E-state index contributed by atoms with van der Waals surface area (Å²) in [6.07, 6.45) is 6.91. The summed E-state index contributed by atoms with van der Waals surface area (Å²) in [4.78, 5) is 25.0. The maximum Gasteiger partial charge on any atom is 0.341 e. The normalized spacial score (nSPS) is 17.5. The number of hydrogen-bond donors (Lipinski definition) is 1. The molecule has 2 aromatic carbocycles. The number of piperazine rings is 1. The Labute approximate surface area is 252 Å². The van der Waals surface area contributed by atoms with Gasteiger partial charge in [0.05, 0.1) is 13.3 Å². The molecule has 1 saturated heterocycles. The third-order valence-electron chi connectivity index (χ3n) is 8.49. The Kier molecular flexibility index (Phi) is 7.97. The van der Waals surface area contributed by atoms with Gasteiger partial charge in [0.2, 0.25) is 0 Å². The van der Waals surface area contributed by atoms with Crippen LogP contribution < -0.4 is 9.64 Å². The number of pyridine rings is 1. The molecule has 1 N–H and O–H groups in total. The van der Waals surface area contributed by atoms with Crippen molar-refractivity contribution in [2.24, 2.45) is 5.41 Å². The average Bonchev–Trinajstić information content (AvgIpc) is 3.46. The Morgan fingerprint density at radius 3 is 2.60 bits per heavy atom. The van der Waals surface area contributed by atoms with E-state index in [0.29, 0.717) is 22.5 Å². The number of rotatable bonds is 7. The highest BCUT2D eigenvalue weighted by molar-refractivity contribution is 6.30. The van der Waals surface area contributed by atoms with Gasteiger partial charge in [0.1, 0.15) is 22.7 Å². The van der Waals surface area contributed by atoms with Crippen LogP contribution in [0.1, 0.15) is 49.0 Å². The minimum atomic E-state index is -0.433. The number of methoxy groups -OCH3 is 1. The summed E-state index contributed by atoms with van der Waals surface area (Å²) in [5.41, 5.74) is 6.84. The smallest absolute Gasteiger partial charge is 0.341 e. The highest BCUT2D eigenvalue weighted by Gasteiger charge is 2.29. The third-order valence-corrected chi connectivity index (χ3v) is 8.74. The number of fused-ring (bicyclic) bond motifs is 1. The van der Waals surface area contributed by atoms with Gasteiger partial charge in [-0.05, 0) is 72.2 Å². The van der Waals surface area contributed by atoms with Gasteiger partial charge >= 0.3 is 5.97 Å². The third kappa shape index (κ3) is 6.18. The predicted octanol–water partition coefficient (Wildman–Crippen LogP) is 7.58. The number of carbonyl (C=O) groups excluding carboxylic acids is 1. The van der Waals surface area contributed by atoms with Gasteiger partial charge in [-0.1, -0.05) is 43.2 Å². The Balaban J connectivity index is 1.18. The fraction of sp³-hybridized carbons (Fsp3) is 0.353. The topological polar surface area (TPSA) is 70.7 Å². The molecule has 0 radical (unpaired) electrons. The van der Waals surface area contributed by atoms with Crippen LogP contribution in [0.15, 0.2) is 72.6 Å². The van der Waals surface area contributed by atoms with E-state index in [1.165, 1.54) is 24.7 Å². The van der Waals surface area contributed by atoms with Crippen molar-refractivity contribution < 1.29 is 14.3 Å². The molecule has 0 spiro atoms. The zero-order chi connectivity index (χ0) is 29.3. The highest BCUT2D eigenvalue weighted by atomic mass is 35.5. The number of hydrogen-bond acceptors (Lipinski definition) is 6. The molecule has 0 atom stereocenters. The quantitative estimate of drug-likeness (QED) is 0.226. The van der Waals surface area contributed by atoms with E-state index in [1.54, 1.807) is 17.8 Å². The fourth-order valence-corrected chi connectivity index (χ4v) is 6.30. The number of ether oxygens (including phenoxy) is 2. The molecule has 2 aromatic heterocycles. The summed E-state index contributed by atoms with van der Waals surface area (Å²) in [5.74, 6) is 0.590. The van der Waals surface area contributed by atoms with Crippen molar-refractivity contribution in [2.45, 2.75) is 33.1 Å². The minimum absolute atomic E-state index is 0.312. The van der Waals surface area contributed by atoms with Crippen LogP contribution in [0, 0.1) is 5.41 Å². The number of nitrogens with one attached hydrogen (secondary N) is 1. The number of nitrogens with zero attached hydrogens (tertiary/aromatic N) is 3. The van der Waals surface area contributed by atoms with Gasteiger partial charge in [-0.25, -0.2) is 9.78 Å². The van der Waals surface area contributed by atoms with Crippen LogP contribution in [0.4, 0.5) is 5.69 Å². The van der Waals surface area contributed by atoms with Crippen LogP contribution in [0.25, 0.3) is 16.6 Å². The molecular formula is C34H37ClN4O3. The second-order valence-electron chi connectivity index (χ2n) is 12.1. The van der Waals surface area contributed by atoms with Crippen molar-refractivity contribution in [3.63, 3.8) is 0 Å². The van der Waals surface area contributed by atoms with Crippen molar-refractivity contribution in [3.05, 3.63) is 88.7 Å². The minimum Gasteiger partial charge on any atom is -0.465 e. The Hall–Kier alpha value is -3.81. The van der Waals surface area contributed by atoms with Crippen molar-refractivity contribution in [2.75, 3.05) is 44.7 Å². The lowest BCUT2D eigenvalue weighted by atomic mass is 9.73. The lowest BCUT2D eigenvalue weighted by Gasteiger charge is -2.39. The summed E-state index contributed by atoms with van der Waals surface area (Å²) in [6, 6.07) is 17.9. The number of anilines is 1. The van der Waals surface area contributed by atoms with E-state index < -0.39 is 5.97 Å². The number of aromatic amines is 1. The molecule has 0 unspecified atom stereocenters. The van der Waals surface area contributed by atoms with Crippen LogP contribution in [0.5, 0.6) is 11.5 Å². The van der Waals surface area contributed by atoms with Gasteiger partial charge < -0.3 is 19.4 Å². The predicted molar refractivity (Wildman–Crippen MR) is 169 cm³/mol. The first kappa shape index (κ1) is 28.3. The zero-order valence-corrected chi connectivity index (χ0v) is 25.2. The van der Waals surface area contributed by atoms with Gasteiger partial charge in [0.15, 0.2) is 0 Å². The van der Waals surface area contributed by atoms with Crippen molar-refractivity contribution in [3.8, 4) is 11.5 Å². The van der Waals surface area contributed by atoms with Crippen molar-refractivity contribution in [1.82, 2.24) is 14.9 Å². The van der Waals surface area contributed by atoms with E-state index in [2.05, 4.69) is 45.7 Å². The van der Waals surface area contributed by atoms with Crippen molar-refractivity contribution >= 4 is 39.9 Å². The fourth-order valence-electron chi connectivity index (χ4n) is 6.17. The molecule has 1 aliphatic heterocycles. The summed E-state index contributed by atoms with van der Waals surface area (Å²) in [5, 5.41) is 1.72. The van der Waals surface area contributed by atoms with E-state index >= 15 is 0 Å². The molecule has 218 valence electrons. The molecule has 6 rings (SSSR count). The van der Waals surface area contributed by atoms with Gasteiger partial charge in [-0.15, -0.1) is 0 Å². The van der Waals surface area contributed by atoms with Crippen molar-refractivity contribution in [1.29, 1.82) is 0 Å². The Morgan fingerprint density at radius 1 is 1.05 bits per heavy atom. The number of halogens is 1. The number of carbonyl (C=O) groups is 1. The number of aromatic nitrogens is 2. The van der Waals surface area contributed by atoms with Crippen LogP contribution >= 0.6 is 11.6 Å². The lowest BCUT2D eigenvalue weighted by Crippen LogP contribution is -2.47. The highest BCUT2D eigenvalue weighted by Crippen LogP contribution is 2.43. The number of allylic oxidation sites excluding steroid dienone is 1. The Bertz CT molecular complexity index is 1620. The standard InChI is InChI=1S/C34H37ClN4O3/c1-34(2)12-10-29(23-4-6-26(35)7-5-23)25(20-34)22-38-14-16-39(17-15-38)27-8-9-30(33(40)41-3)31(19-27)42-28-18-24-11-13-36-32(24)37-21-28/h4-9,11,13,18-19,21H,10,12,14-17,20,22H2,1-3H3,(H,36,37). The van der Waals surface area contributed by atoms with E-state index in [-0.39, 0.29) is 0 Å². The molecule has 7 nitrogen and oxygen atoms in total. The Morgan fingerprint density at radius 2 is 1.83 bits per heavy atom. The lowest BCUT2D eigenvalue weighted by molar-refractivity contribution is 0.0598. The second-order valence-corrected chi connectivity index (χ2v) is 12.5. The van der Waals surface area contributed by atoms with Gasteiger partial charge in [0.25, 0.3) is 0 Å². The van der Waals surface area contributed by atoms with Gasteiger partial charge in [-0.2, -0.15) is 0 Å². The molecule has 42 heavy (non-hydrogen) atoms. The monoisotopic (exact) mass is 584 g/mol. The average molecular weight is 585 g/mol. The summed E-state index contributed by atoms with van der Waals surface area (Å²) >= 11 is 6.19. The molecule has 1 aliphatic carbocycles. The molecular weight excluding hydrogens is 548 g/mol. The molecule has 2 aliphatic rings. The molecule has 0 bridgehead atoms. The van der Waals surface area contributed by atoms with Crippen LogP contribution in [0.3, 0.4) is 0 Å². The second kappa shape index (κ2) is 11.8. The SMILES string of the molecule is COC(=O)c1ccc(N2CCN(CC3=C(c4ccc(Cl)cc4)CCC(C)(C)C3)CC2)cc1Oc1cnc2[nH]ccc2c1. The maximum absolute atomic E-state index is 12.6. The number of esters is 1. The van der Waals surface area contributed by atoms with E-state index in [9.17, 15) is 4.79 Å². The number of benzene rings is 2. The summed E-state index contributed by atoms with van der Waals surface area (Å²) in [6.45, 7) is 9.45. The number of H-pyrrole nitrogens is 1. The molecule has 0 saturated carbocycles. The first-order valence-corrected chi connectivity index (χ1v) is 14.9. The first-order valence-electron chi connectivity index (χ1n) is 14.6. The van der Waals surface area contributed by atoms with Crippen LogP contribution in [-0.4, -0.2) is 60.7 Å². The molecule has 3 heterocycles. The zero-order valence-electron chi connectivity index (χ0n) is 24.5. The molecule has 4 aromatic rings. The molecule has 1 fully saturated rings. The van der Waals surface area contributed by atoms with E-state index in [4.69, 9.17) is 21.1 Å². The largest absolute Gasteiger partial charge is 0.465 e. The van der Waals surface area contributed by atoms with Gasteiger partial charge in [0, 0.05) is 61.1 Å². The van der Waals surface area contributed by atoms with Crippen LogP contribution in [0.2, 0.25) is 5.02 Å². The van der Waals surface area contributed by atoms with E-state index in [0.717, 1.165) is 67.3 Å². The van der Waals surface area contributed by atoms with E-state index in [1.807, 2.05) is 42.6 Å². The summed E-state index contributed by atoms with van der Waals surface area (Å²) < 4.78 is 11.2. The first-order chi connectivity index (χ1) is 20.3. The molecule has 0 amide bonds. The summed E-state index contributed by atoms with van der Waals surface area (Å²) in [7, 11) is 1.38. The van der Waals surface area contributed by atoms with Gasteiger partial charge in [-0.3, -0.25) is 4.90 Å². The maximum atomic E-state index is 12.6. The molecule has 8 heteroatoms.